The molecule has 0 aliphatic rings. The smallest absolute Gasteiger partial charge is 0.263 e. The number of aryl methyl sites for hydroxylation is 1. The van der Waals surface area contributed by atoms with Crippen molar-refractivity contribution in [2.75, 3.05) is 11.3 Å². The number of anilines is 1. The topological polar surface area (TPSA) is 58.2 Å². The number of thiophene rings is 1. The van der Waals surface area contributed by atoms with E-state index in [0.29, 0.717) is 17.0 Å². The van der Waals surface area contributed by atoms with E-state index in [1.807, 2.05) is 6.92 Å². The van der Waals surface area contributed by atoms with Crippen LogP contribution < -0.4 is 10.0 Å². The molecule has 1 aromatic carbocycles. The zero-order valence-corrected chi connectivity index (χ0v) is 13.4. The molecule has 0 atom stereocenters. The fourth-order valence-corrected chi connectivity index (χ4v) is 4.44. The van der Waals surface area contributed by atoms with E-state index in [2.05, 4.69) is 10.0 Å². The first-order valence-corrected chi connectivity index (χ1v) is 8.87. The van der Waals surface area contributed by atoms with Gasteiger partial charge in [0.25, 0.3) is 10.0 Å². The Balaban J connectivity index is 2.33. The molecule has 0 unspecified atom stereocenters. The lowest BCUT2D eigenvalue weighted by Gasteiger charge is -2.12. The third kappa shape index (κ3) is 3.61. The molecule has 0 aliphatic heterocycles. The van der Waals surface area contributed by atoms with Gasteiger partial charge < -0.3 is 5.32 Å². The van der Waals surface area contributed by atoms with E-state index in [-0.39, 0.29) is 10.6 Å². The third-order valence-electron chi connectivity index (χ3n) is 2.99. The summed E-state index contributed by atoms with van der Waals surface area (Å²) in [5.74, 6) is -0.581. The van der Waals surface area contributed by atoms with Crippen LogP contribution >= 0.6 is 11.3 Å². The lowest BCUT2D eigenvalue weighted by molar-refractivity contribution is 0.596. The molecular formula is C14H17FN2O2S2. The van der Waals surface area contributed by atoms with Gasteiger partial charge in [-0.15, -0.1) is 11.3 Å². The second-order valence-electron chi connectivity index (χ2n) is 4.53. The molecule has 0 saturated heterocycles. The summed E-state index contributed by atoms with van der Waals surface area (Å²) in [4.78, 5) is 0.898. The second-order valence-corrected chi connectivity index (χ2v) is 7.18. The third-order valence-corrected chi connectivity index (χ3v) is 5.47. The summed E-state index contributed by atoms with van der Waals surface area (Å²) in [5.41, 5.74) is 0.542. The van der Waals surface area contributed by atoms with Crippen LogP contribution in [-0.4, -0.2) is 15.0 Å². The molecule has 0 bridgehead atoms. The summed E-state index contributed by atoms with van der Waals surface area (Å²) >= 11 is 1.36. The number of hydrogen-bond acceptors (Lipinski definition) is 4. The fraction of sp³-hybridized carbons (Fsp3) is 0.286. The molecule has 7 heteroatoms. The molecule has 0 spiro atoms. The van der Waals surface area contributed by atoms with Crippen LogP contribution in [0, 0.1) is 12.7 Å². The van der Waals surface area contributed by atoms with Gasteiger partial charge >= 0.3 is 0 Å². The van der Waals surface area contributed by atoms with Gasteiger partial charge in [-0.05, 0) is 36.5 Å². The van der Waals surface area contributed by atoms with Crippen LogP contribution in [0.1, 0.15) is 17.4 Å². The first-order chi connectivity index (χ1) is 9.95. The molecule has 0 amide bonds. The Bertz CT molecular complexity index is 706. The lowest BCUT2D eigenvalue weighted by atomic mass is 10.2. The summed E-state index contributed by atoms with van der Waals surface area (Å²) in [5, 5.41) is 4.81. The van der Waals surface area contributed by atoms with Crippen molar-refractivity contribution in [3.8, 4) is 0 Å². The number of benzene rings is 1. The Labute approximate surface area is 128 Å². The summed E-state index contributed by atoms with van der Waals surface area (Å²) in [6.07, 6.45) is 0. The average molecular weight is 328 g/mol. The Morgan fingerprint density at radius 3 is 2.71 bits per heavy atom. The number of rotatable bonds is 6. The number of nitrogens with one attached hydrogen (secondary N) is 2. The van der Waals surface area contributed by atoms with Crippen LogP contribution in [0.5, 0.6) is 0 Å². The molecular weight excluding hydrogens is 311 g/mol. The van der Waals surface area contributed by atoms with E-state index in [4.69, 9.17) is 0 Å². The van der Waals surface area contributed by atoms with Crippen LogP contribution in [0.15, 0.2) is 34.5 Å². The van der Waals surface area contributed by atoms with Crippen molar-refractivity contribution in [2.45, 2.75) is 25.3 Å². The maximum absolute atomic E-state index is 13.8. The Morgan fingerprint density at radius 2 is 2.05 bits per heavy atom. The molecule has 2 rings (SSSR count). The zero-order valence-electron chi connectivity index (χ0n) is 11.8. The van der Waals surface area contributed by atoms with E-state index in [1.165, 1.54) is 23.5 Å². The molecule has 114 valence electrons. The van der Waals surface area contributed by atoms with E-state index >= 15 is 0 Å². The minimum atomic E-state index is -3.80. The van der Waals surface area contributed by atoms with Gasteiger partial charge in [0, 0.05) is 11.4 Å². The van der Waals surface area contributed by atoms with Crippen LogP contribution in [0.25, 0.3) is 0 Å². The highest BCUT2D eigenvalue weighted by atomic mass is 32.2. The standard InChI is InChI=1S/C14H17FN2O2S2/c1-3-16-9-12-13(7-8-20-12)21(18,19)17-14-10(2)5-4-6-11(14)15/h4-8,16-17H,3,9H2,1-2H3. The molecule has 0 fully saturated rings. The number of para-hydroxylation sites is 1. The lowest BCUT2D eigenvalue weighted by Crippen LogP contribution is -2.18. The van der Waals surface area contributed by atoms with Gasteiger partial charge in [-0.3, -0.25) is 4.72 Å². The normalized spacial score (nSPS) is 11.6. The maximum atomic E-state index is 13.8. The highest BCUT2D eigenvalue weighted by Gasteiger charge is 2.21. The monoisotopic (exact) mass is 328 g/mol. The van der Waals surface area contributed by atoms with E-state index in [0.717, 1.165) is 6.54 Å². The fourth-order valence-electron chi connectivity index (χ4n) is 1.89. The summed E-state index contributed by atoms with van der Waals surface area (Å²) in [6.45, 7) is 4.83. The van der Waals surface area contributed by atoms with Gasteiger partial charge in [-0.25, -0.2) is 12.8 Å². The SMILES string of the molecule is CCNCc1sccc1S(=O)(=O)Nc1c(C)cccc1F. The van der Waals surface area contributed by atoms with Crippen LogP contribution in [-0.2, 0) is 16.6 Å². The van der Waals surface area contributed by atoms with Crippen molar-refractivity contribution in [3.05, 3.63) is 45.9 Å². The van der Waals surface area contributed by atoms with Crippen molar-refractivity contribution in [1.82, 2.24) is 5.32 Å². The van der Waals surface area contributed by atoms with Gasteiger partial charge in [0.05, 0.1) is 5.69 Å². The number of sulfonamides is 1. The van der Waals surface area contributed by atoms with Crippen LogP contribution in [0.3, 0.4) is 0 Å². The maximum Gasteiger partial charge on any atom is 0.263 e. The largest absolute Gasteiger partial charge is 0.312 e. The van der Waals surface area contributed by atoms with Crippen molar-refractivity contribution in [1.29, 1.82) is 0 Å². The van der Waals surface area contributed by atoms with E-state index in [1.54, 1.807) is 24.4 Å². The van der Waals surface area contributed by atoms with Gasteiger partial charge in [0.2, 0.25) is 0 Å². The molecule has 0 aliphatic carbocycles. The molecule has 2 aromatic rings. The van der Waals surface area contributed by atoms with Gasteiger partial charge in [-0.2, -0.15) is 0 Å². The number of hydrogen-bond donors (Lipinski definition) is 2. The predicted molar refractivity (Wildman–Crippen MR) is 83.6 cm³/mol. The average Bonchev–Trinajstić information content (AvgIpc) is 2.90. The minimum absolute atomic E-state index is 0.00176. The molecule has 1 aromatic heterocycles. The second kappa shape index (κ2) is 6.55. The summed E-state index contributed by atoms with van der Waals surface area (Å²) < 4.78 is 41.0. The predicted octanol–water partition coefficient (Wildman–Crippen LogP) is 3.11. The van der Waals surface area contributed by atoms with E-state index in [9.17, 15) is 12.8 Å². The van der Waals surface area contributed by atoms with Crippen molar-refractivity contribution in [3.63, 3.8) is 0 Å². The van der Waals surface area contributed by atoms with Crippen molar-refractivity contribution in [2.24, 2.45) is 0 Å². The molecule has 0 saturated carbocycles. The first kappa shape index (κ1) is 15.9. The highest BCUT2D eigenvalue weighted by molar-refractivity contribution is 7.93. The molecule has 4 nitrogen and oxygen atoms in total. The van der Waals surface area contributed by atoms with Gasteiger partial charge in [0.1, 0.15) is 10.7 Å². The Kier molecular flexibility index (Phi) is 4.97. The summed E-state index contributed by atoms with van der Waals surface area (Å²) in [6, 6.07) is 5.98. The van der Waals surface area contributed by atoms with Crippen molar-refractivity contribution < 1.29 is 12.8 Å². The molecule has 21 heavy (non-hydrogen) atoms. The van der Waals surface area contributed by atoms with Crippen LogP contribution in [0.4, 0.5) is 10.1 Å². The minimum Gasteiger partial charge on any atom is -0.312 e. The summed E-state index contributed by atoms with van der Waals surface area (Å²) in [7, 11) is -3.80. The Hall–Kier alpha value is -1.44. The van der Waals surface area contributed by atoms with E-state index < -0.39 is 15.8 Å². The molecule has 0 radical (unpaired) electrons. The Morgan fingerprint density at radius 1 is 1.29 bits per heavy atom. The quantitative estimate of drug-likeness (QED) is 0.856. The first-order valence-electron chi connectivity index (χ1n) is 6.50. The zero-order chi connectivity index (χ0) is 15.5. The van der Waals surface area contributed by atoms with Crippen molar-refractivity contribution >= 4 is 27.0 Å². The van der Waals surface area contributed by atoms with Gasteiger partial charge in [-0.1, -0.05) is 19.1 Å². The number of halogens is 1. The molecule has 1 heterocycles. The molecule has 2 N–H and O–H groups in total. The van der Waals surface area contributed by atoms with Gasteiger partial charge in [0.15, 0.2) is 0 Å². The van der Waals surface area contributed by atoms with Crippen LogP contribution in [0.2, 0.25) is 0 Å². The highest BCUT2D eigenvalue weighted by Crippen LogP contribution is 2.27.